The third-order valence-corrected chi connectivity index (χ3v) is 2.90. The second-order valence-corrected chi connectivity index (χ2v) is 4.56. The molecule has 5 heteroatoms. The van der Waals surface area contributed by atoms with Gasteiger partial charge in [-0.05, 0) is 44.0 Å². The molecule has 1 N–H and O–H groups in total. The number of benzene rings is 1. The Hall–Kier alpha value is -2.04. The van der Waals surface area contributed by atoms with Gasteiger partial charge in [0.15, 0.2) is 6.10 Å². The Bertz CT molecular complexity index is 465. The molecule has 1 aromatic carbocycles. The molecule has 1 unspecified atom stereocenters. The van der Waals surface area contributed by atoms with E-state index < -0.39 is 12.1 Å². The maximum absolute atomic E-state index is 11.8. The van der Waals surface area contributed by atoms with Crippen molar-refractivity contribution in [2.45, 2.75) is 31.9 Å². The molecule has 102 valence electrons. The van der Waals surface area contributed by atoms with E-state index in [-0.39, 0.29) is 11.9 Å². The van der Waals surface area contributed by atoms with Crippen LogP contribution in [0.2, 0.25) is 0 Å². The predicted octanol–water partition coefficient (Wildman–Crippen LogP) is 1.52. The van der Waals surface area contributed by atoms with Crippen LogP contribution < -0.4 is 10.1 Å². The number of nitrogens with one attached hydrogen (secondary N) is 1. The van der Waals surface area contributed by atoms with Crippen LogP contribution in [0.25, 0.3) is 0 Å². The molecule has 1 amide bonds. The maximum Gasteiger partial charge on any atom is 0.338 e. The van der Waals surface area contributed by atoms with Crippen LogP contribution in [0.15, 0.2) is 24.3 Å². The molecule has 0 aliphatic heterocycles. The van der Waals surface area contributed by atoms with E-state index in [2.05, 4.69) is 5.32 Å². The monoisotopic (exact) mass is 263 g/mol. The number of hydrogen-bond acceptors (Lipinski definition) is 4. The first-order valence-corrected chi connectivity index (χ1v) is 6.25. The highest BCUT2D eigenvalue weighted by atomic mass is 16.5. The van der Waals surface area contributed by atoms with E-state index in [1.807, 2.05) is 0 Å². The van der Waals surface area contributed by atoms with Crippen LogP contribution in [0.3, 0.4) is 0 Å². The van der Waals surface area contributed by atoms with Gasteiger partial charge in [0.25, 0.3) is 5.91 Å². The lowest BCUT2D eigenvalue weighted by molar-refractivity contribution is -0.129. The number of amides is 1. The Kier molecular flexibility index (Phi) is 4.04. The van der Waals surface area contributed by atoms with Gasteiger partial charge in [-0.25, -0.2) is 4.79 Å². The van der Waals surface area contributed by atoms with Crippen LogP contribution in [-0.4, -0.2) is 31.1 Å². The molecule has 1 atom stereocenters. The fourth-order valence-electron chi connectivity index (χ4n) is 1.56. The lowest BCUT2D eigenvalue weighted by atomic mass is 10.2. The van der Waals surface area contributed by atoms with Crippen LogP contribution in [0.4, 0.5) is 0 Å². The molecule has 1 fully saturated rings. The number of methoxy groups -OCH3 is 1. The van der Waals surface area contributed by atoms with E-state index in [4.69, 9.17) is 9.47 Å². The van der Waals surface area contributed by atoms with Gasteiger partial charge in [0.2, 0.25) is 0 Å². The average molecular weight is 263 g/mol. The molecule has 1 aliphatic carbocycles. The van der Waals surface area contributed by atoms with Crippen molar-refractivity contribution in [3.05, 3.63) is 29.8 Å². The quantitative estimate of drug-likeness (QED) is 0.818. The second kappa shape index (κ2) is 5.73. The van der Waals surface area contributed by atoms with Gasteiger partial charge in [0.1, 0.15) is 5.75 Å². The van der Waals surface area contributed by atoms with Crippen LogP contribution in [-0.2, 0) is 9.53 Å². The van der Waals surface area contributed by atoms with E-state index in [0.717, 1.165) is 12.8 Å². The van der Waals surface area contributed by atoms with Crippen molar-refractivity contribution in [2.75, 3.05) is 7.11 Å². The lowest BCUT2D eigenvalue weighted by Crippen LogP contribution is -2.37. The Morgan fingerprint density at radius 1 is 1.26 bits per heavy atom. The fraction of sp³-hybridized carbons (Fsp3) is 0.429. The van der Waals surface area contributed by atoms with Crippen LogP contribution >= 0.6 is 0 Å². The number of carbonyl (C=O) groups is 2. The zero-order valence-corrected chi connectivity index (χ0v) is 11.0. The number of hydrogen-bond donors (Lipinski definition) is 1. The molecule has 5 nitrogen and oxygen atoms in total. The Morgan fingerprint density at radius 2 is 1.89 bits per heavy atom. The normalized spacial score (nSPS) is 15.5. The van der Waals surface area contributed by atoms with Crippen LogP contribution in [0.1, 0.15) is 30.1 Å². The third kappa shape index (κ3) is 3.71. The van der Waals surface area contributed by atoms with Gasteiger partial charge in [-0.2, -0.15) is 0 Å². The van der Waals surface area contributed by atoms with E-state index in [9.17, 15) is 9.59 Å². The molecule has 1 aliphatic rings. The molecule has 0 heterocycles. The summed E-state index contributed by atoms with van der Waals surface area (Å²) in [6.45, 7) is 1.57. The van der Waals surface area contributed by atoms with Crippen molar-refractivity contribution in [3.63, 3.8) is 0 Å². The molecular weight excluding hydrogens is 246 g/mol. The van der Waals surface area contributed by atoms with E-state index >= 15 is 0 Å². The minimum Gasteiger partial charge on any atom is -0.497 e. The predicted molar refractivity (Wildman–Crippen MR) is 69.0 cm³/mol. The molecule has 19 heavy (non-hydrogen) atoms. The average Bonchev–Trinajstić information content (AvgIpc) is 3.22. The van der Waals surface area contributed by atoms with Gasteiger partial charge in [0.05, 0.1) is 12.7 Å². The van der Waals surface area contributed by atoms with Gasteiger partial charge in [-0.15, -0.1) is 0 Å². The van der Waals surface area contributed by atoms with Gasteiger partial charge in [0, 0.05) is 6.04 Å². The SMILES string of the molecule is COc1ccc(C(=O)OC(C)C(=O)NC2CC2)cc1. The number of carbonyl (C=O) groups excluding carboxylic acids is 2. The summed E-state index contributed by atoms with van der Waals surface area (Å²) < 4.78 is 10.1. The maximum atomic E-state index is 11.8. The van der Waals surface area contributed by atoms with Crippen molar-refractivity contribution in [1.29, 1.82) is 0 Å². The molecule has 0 saturated heterocycles. The zero-order valence-electron chi connectivity index (χ0n) is 11.0. The molecule has 1 saturated carbocycles. The molecule has 2 rings (SSSR count). The van der Waals surface area contributed by atoms with Gasteiger partial charge >= 0.3 is 5.97 Å². The highest BCUT2D eigenvalue weighted by Gasteiger charge is 2.27. The van der Waals surface area contributed by atoms with Crippen LogP contribution in [0, 0.1) is 0 Å². The third-order valence-electron chi connectivity index (χ3n) is 2.90. The summed E-state index contributed by atoms with van der Waals surface area (Å²) in [6.07, 6.45) is 1.23. The van der Waals surface area contributed by atoms with E-state index in [0.29, 0.717) is 11.3 Å². The van der Waals surface area contributed by atoms with E-state index in [1.54, 1.807) is 38.3 Å². The Labute approximate surface area is 111 Å². The summed E-state index contributed by atoms with van der Waals surface area (Å²) in [5.74, 6) is -0.0958. The van der Waals surface area contributed by atoms with Crippen molar-refractivity contribution < 1.29 is 19.1 Å². The summed E-state index contributed by atoms with van der Waals surface area (Å²) in [4.78, 5) is 23.5. The zero-order chi connectivity index (χ0) is 13.8. The van der Waals surface area contributed by atoms with Crippen molar-refractivity contribution in [3.8, 4) is 5.75 Å². The smallest absolute Gasteiger partial charge is 0.338 e. The largest absolute Gasteiger partial charge is 0.497 e. The summed E-state index contributed by atoms with van der Waals surface area (Å²) in [7, 11) is 1.55. The summed E-state index contributed by atoms with van der Waals surface area (Å²) in [6, 6.07) is 6.81. The van der Waals surface area contributed by atoms with Gasteiger partial charge in [-0.3, -0.25) is 4.79 Å². The summed E-state index contributed by atoms with van der Waals surface area (Å²) in [5, 5.41) is 2.79. The molecule has 0 aromatic heterocycles. The minimum atomic E-state index is -0.782. The molecule has 1 aromatic rings. The van der Waals surface area contributed by atoms with Crippen LogP contribution in [0.5, 0.6) is 5.75 Å². The Morgan fingerprint density at radius 3 is 2.42 bits per heavy atom. The van der Waals surface area contributed by atoms with Crippen molar-refractivity contribution in [2.24, 2.45) is 0 Å². The van der Waals surface area contributed by atoms with Gasteiger partial charge < -0.3 is 14.8 Å². The Balaban J connectivity index is 1.89. The van der Waals surface area contributed by atoms with Crippen molar-refractivity contribution in [1.82, 2.24) is 5.32 Å². The first kappa shape index (κ1) is 13.4. The lowest BCUT2D eigenvalue weighted by Gasteiger charge is -2.13. The number of rotatable bonds is 5. The fourth-order valence-corrected chi connectivity index (χ4v) is 1.56. The highest BCUT2D eigenvalue weighted by molar-refractivity contribution is 5.92. The first-order valence-electron chi connectivity index (χ1n) is 6.25. The standard InChI is InChI=1S/C14H17NO4/c1-9(13(16)15-11-5-6-11)19-14(17)10-3-7-12(18-2)8-4-10/h3-4,7-9,11H,5-6H2,1-2H3,(H,15,16). The topological polar surface area (TPSA) is 64.6 Å². The summed E-state index contributed by atoms with van der Waals surface area (Å²) in [5.41, 5.74) is 0.395. The van der Waals surface area contributed by atoms with E-state index in [1.165, 1.54) is 0 Å². The van der Waals surface area contributed by atoms with Gasteiger partial charge in [-0.1, -0.05) is 0 Å². The van der Waals surface area contributed by atoms with Crippen molar-refractivity contribution >= 4 is 11.9 Å². The summed E-state index contributed by atoms with van der Waals surface area (Å²) >= 11 is 0. The minimum absolute atomic E-state index is 0.246. The first-order chi connectivity index (χ1) is 9.10. The number of esters is 1. The number of ether oxygens (including phenoxy) is 2. The highest BCUT2D eigenvalue weighted by Crippen LogP contribution is 2.19. The molecule has 0 bridgehead atoms. The second-order valence-electron chi connectivity index (χ2n) is 4.56. The molecule has 0 radical (unpaired) electrons. The molecular formula is C14H17NO4. The molecule has 0 spiro atoms.